The molecule has 3 heteroatoms. The summed E-state index contributed by atoms with van der Waals surface area (Å²) in [6.07, 6.45) is 9.06. The number of aryl methyl sites for hydroxylation is 1. The molecule has 1 saturated carbocycles. The van der Waals surface area contributed by atoms with Crippen LogP contribution in [0.3, 0.4) is 0 Å². The third kappa shape index (κ3) is 3.58. The Hall–Kier alpha value is -0.410. The van der Waals surface area contributed by atoms with Crippen LogP contribution in [0.1, 0.15) is 31.2 Å². The molecule has 2 rings (SSSR count). The van der Waals surface area contributed by atoms with Crippen molar-refractivity contribution in [1.29, 1.82) is 0 Å². The normalized spacial score (nSPS) is 17.7. The van der Waals surface area contributed by atoms with Crippen LogP contribution in [0, 0.1) is 5.92 Å². The first-order chi connectivity index (χ1) is 7.25. The van der Waals surface area contributed by atoms with Gasteiger partial charge in [-0.05, 0) is 65.6 Å². The number of pyridine rings is 1. The van der Waals surface area contributed by atoms with E-state index in [0.717, 1.165) is 23.7 Å². The van der Waals surface area contributed by atoms with E-state index in [0.29, 0.717) is 5.92 Å². The number of hydrogen-bond acceptors (Lipinski definition) is 2. The Bertz CT molecular complexity index is 325. The molecule has 0 bridgehead atoms. The molecule has 1 aromatic heterocycles. The van der Waals surface area contributed by atoms with Gasteiger partial charge in [0.05, 0.1) is 6.10 Å². The van der Waals surface area contributed by atoms with E-state index in [2.05, 4.69) is 27.0 Å². The lowest BCUT2D eigenvalue weighted by molar-refractivity contribution is 0.139. The summed E-state index contributed by atoms with van der Waals surface area (Å²) in [5.74, 6) is 0.602. The fraction of sp³-hybridized carbons (Fsp3) is 0.583. The lowest BCUT2D eigenvalue weighted by Crippen LogP contribution is -2.08. The van der Waals surface area contributed by atoms with Crippen molar-refractivity contribution in [1.82, 2.24) is 4.98 Å². The maximum absolute atomic E-state index is 9.70. The minimum absolute atomic E-state index is 0.0647. The van der Waals surface area contributed by atoms with Crippen molar-refractivity contribution in [2.45, 2.75) is 38.2 Å². The molecule has 0 radical (unpaired) electrons. The molecule has 1 aliphatic rings. The number of hydrogen-bond donors (Lipinski definition) is 1. The lowest BCUT2D eigenvalue weighted by Gasteiger charge is -2.08. The second kappa shape index (κ2) is 5.08. The van der Waals surface area contributed by atoms with Crippen LogP contribution in [-0.2, 0) is 6.42 Å². The molecule has 0 amide bonds. The number of aliphatic hydroxyl groups is 1. The van der Waals surface area contributed by atoms with Gasteiger partial charge < -0.3 is 5.11 Å². The van der Waals surface area contributed by atoms with Crippen molar-refractivity contribution in [3.8, 4) is 0 Å². The van der Waals surface area contributed by atoms with Crippen LogP contribution in [0.4, 0.5) is 0 Å². The van der Waals surface area contributed by atoms with Gasteiger partial charge in [-0.15, -0.1) is 0 Å². The zero-order chi connectivity index (χ0) is 10.7. The van der Waals surface area contributed by atoms with Crippen LogP contribution in [0.15, 0.2) is 22.9 Å². The Labute approximate surface area is 98.9 Å². The number of halogens is 1. The predicted octanol–water partition coefficient (Wildman–Crippen LogP) is 2.94. The summed E-state index contributed by atoms with van der Waals surface area (Å²) in [6.45, 7) is 0. The molecule has 1 atom stereocenters. The van der Waals surface area contributed by atoms with Crippen molar-refractivity contribution >= 4 is 15.9 Å². The first-order valence-electron chi connectivity index (χ1n) is 5.53. The van der Waals surface area contributed by atoms with E-state index in [4.69, 9.17) is 0 Å². The number of rotatable bonds is 5. The maximum Gasteiger partial charge on any atom is 0.0568 e. The largest absolute Gasteiger partial charge is 0.393 e. The van der Waals surface area contributed by atoms with Gasteiger partial charge in [-0.1, -0.05) is 0 Å². The smallest absolute Gasteiger partial charge is 0.0568 e. The van der Waals surface area contributed by atoms with E-state index in [9.17, 15) is 5.11 Å². The van der Waals surface area contributed by atoms with Crippen LogP contribution in [0.2, 0.25) is 0 Å². The van der Waals surface area contributed by atoms with Gasteiger partial charge in [0.2, 0.25) is 0 Å². The summed E-state index contributed by atoms with van der Waals surface area (Å²) < 4.78 is 1.03. The zero-order valence-electron chi connectivity index (χ0n) is 8.69. The van der Waals surface area contributed by atoms with Gasteiger partial charge in [-0.3, -0.25) is 4.98 Å². The summed E-state index contributed by atoms with van der Waals surface area (Å²) in [7, 11) is 0. The van der Waals surface area contributed by atoms with Gasteiger partial charge in [0.25, 0.3) is 0 Å². The van der Waals surface area contributed by atoms with E-state index in [1.807, 2.05) is 6.20 Å². The minimum Gasteiger partial charge on any atom is -0.393 e. The molecule has 82 valence electrons. The van der Waals surface area contributed by atoms with Crippen LogP contribution in [0.25, 0.3) is 0 Å². The molecule has 0 aromatic carbocycles. The molecule has 0 spiro atoms. The molecule has 2 nitrogen and oxygen atoms in total. The van der Waals surface area contributed by atoms with E-state index in [1.54, 1.807) is 6.20 Å². The van der Waals surface area contributed by atoms with Crippen molar-refractivity contribution in [3.05, 3.63) is 28.5 Å². The highest BCUT2D eigenvalue weighted by Crippen LogP contribution is 2.34. The van der Waals surface area contributed by atoms with Crippen molar-refractivity contribution in [2.75, 3.05) is 0 Å². The summed E-state index contributed by atoms with van der Waals surface area (Å²) >= 11 is 3.40. The van der Waals surface area contributed by atoms with Gasteiger partial charge in [0.1, 0.15) is 0 Å². The fourth-order valence-corrected chi connectivity index (χ4v) is 2.24. The topological polar surface area (TPSA) is 33.1 Å². The monoisotopic (exact) mass is 269 g/mol. The first kappa shape index (κ1) is 11.1. The Morgan fingerprint density at radius 2 is 2.27 bits per heavy atom. The highest BCUT2D eigenvalue weighted by Gasteiger charge is 2.28. The molecular weight excluding hydrogens is 254 g/mol. The van der Waals surface area contributed by atoms with Crippen molar-refractivity contribution < 1.29 is 5.11 Å². The van der Waals surface area contributed by atoms with E-state index < -0.39 is 0 Å². The Balaban J connectivity index is 1.73. The minimum atomic E-state index is -0.0647. The van der Waals surface area contributed by atoms with Gasteiger partial charge in [0, 0.05) is 16.9 Å². The number of nitrogens with zero attached hydrogens (tertiary/aromatic N) is 1. The van der Waals surface area contributed by atoms with Gasteiger partial charge in [-0.2, -0.15) is 0 Å². The molecule has 0 saturated heterocycles. The number of aliphatic hydroxyl groups excluding tert-OH is 1. The third-order valence-electron chi connectivity index (χ3n) is 2.89. The third-order valence-corrected chi connectivity index (χ3v) is 3.33. The molecule has 1 fully saturated rings. The van der Waals surface area contributed by atoms with Crippen LogP contribution in [-0.4, -0.2) is 16.2 Å². The molecule has 1 aromatic rings. The molecule has 1 heterocycles. The molecule has 0 aliphatic heterocycles. The first-order valence-corrected chi connectivity index (χ1v) is 6.32. The predicted molar refractivity (Wildman–Crippen MR) is 63.6 cm³/mol. The van der Waals surface area contributed by atoms with E-state index in [1.165, 1.54) is 18.4 Å². The maximum atomic E-state index is 9.70. The molecule has 1 aliphatic carbocycles. The molecule has 15 heavy (non-hydrogen) atoms. The Morgan fingerprint density at radius 1 is 1.47 bits per heavy atom. The molecule has 1 unspecified atom stereocenters. The van der Waals surface area contributed by atoms with Crippen LogP contribution < -0.4 is 0 Å². The Morgan fingerprint density at radius 3 is 2.93 bits per heavy atom. The SMILES string of the molecule is OC(CCCc1cncc(Br)c1)C1CC1. The molecule has 1 N–H and O–H groups in total. The van der Waals surface area contributed by atoms with E-state index in [-0.39, 0.29) is 6.10 Å². The summed E-state index contributed by atoms with van der Waals surface area (Å²) in [5, 5.41) is 9.70. The van der Waals surface area contributed by atoms with Crippen molar-refractivity contribution in [2.24, 2.45) is 5.92 Å². The summed E-state index contributed by atoms with van der Waals surface area (Å²) in [6, 6.07) is 2.09. The average Bonchev–Trinajstić information content (AvgIpc) is 3.00. The highest BCUT2D eigenvalue weighted by molar-refractivity contribution is 9.10. The second-order valence-corrected chi connectivity index (χ2v) is 5.22. The lowest BCUT2D eigenvalue weighted by atomic mass is 10.1. The average molecular weight is 270 g/mol. The highest BCUT2D eigenvalue weighted by atomic mass is 79.9. The van der Waals surface area contributed by atoms with Gasteiger partial charge >= 0.3 is 0 Å². The quantitative estimate of drug-likeness (QED) is 0.892. The fourth-order valence-electron chi connectivity index (χ4n) is 1.82. The van der Waals surface area contributed by atoms with E-state index >= 15 is 0 Å². The summed E-state index contributed by atoms with van der Waals surface area (Å²) in [4.78, 5) is 4.12. The zero-order valence-corrected chi connectivity index (χ0v) is 10.3. The van der Waals surface area contributed by atoms with Crippen LogP contribution >= 0.6 is 15.9 Å². The van der Waals surface area contributed by atoms with Crippen molar-refractivity contribution in [3.63, 3.8) is 0 Å². The molecular formula is C12H16BrNO. The standard InChI is InChI=1S/C12H16BrNO/c13-11-6-9(7-14-8-11)2-1-3-12(15)10-4-5-10/h6-8,10,12,15H,1-5H2. The number of aromatic nitrogens is 1. The second-order valence-electron chi connectivity index (χ2n) is 4.31. The van der Waals surface area contributed by atoms with Gasteiger partial charge in [0.15, 0.2) is 0 Å². The summed E-state index contributed by atoms with van der Waals surface area (Å²) in [5.41, 5.74) is 1.24. The van der Waals surface area contributed by atoms with Crippen LogP contribution in [0.5, 0.6) is 0 Å². The Kier molecular flexibility index (Phi) is 3.76. The van der Waals surface area contributed by atoms with Gasteiger partial charge in [-0.25, -0.2) is 0 Å².